The molecule has 1 amide bonds. The zero-order valence-corrected chi connectivity index (χ0v) is 14.9. The first-order chi connectivity index (χ1) is 12.1. The van der Waals surface area contributed by atoms with Gasteiger partial charge < -0.3 is 15.4 Å². The van der Waals surface area contributed by atoms with Gasteiger partial charge >= 0.3 is 0 Å². The fourth-order valence-electron chi connectivity index (χ4n) is 2.43. The van der Waals surface area contributed by atoms with Crippen molar-refractivity contribution in [3.8, 4) is 5.75 Å². The molecule has 5 nitrogen and oxygen atoms in total. The van der Waals surface area contributed by atoms with E-state index in [1.54, 1.807) is 18.2 Å². The molecule has 25 heavy (non-hydrogen) atoms. The minimum Gasteiger partial charge on any atom is -0.482 e. The molecule has 1 heterocycles. The van der Waals surface area contributed by atoms with Gasteiger partial charge in [-0.05, 0) is 36.8 Å². The number of para-hydroxylation sites is 1. The topological polar surface area (TPSA) is 62.7 Å². The van der Waals surface area contributed by atoms with Gasteiger partial charge in [0, 0.05) is 23.7 Å². The molecule has 0 radical (unpaired) electrons. The lowest BCUT2D eigenvalue weighted by Gasteiger charge is -2.18. The second-order valence-electron chi connectivity index (χ2n) is 5.47. The molecule has 0 saturated heterocycles. The molecule has 0 atom stereocenters. The van der Waals surface area contributed by atoms with Crippen LogP contribution in [-0.4, -0.2) is 31.4 Å². The zero-order valence-electron chi connectivity index (χ0n) is 13.4. The van der Waals surface area contributed by atoms with Crippen LogP contribution >= 0.6 is 23.2 Å². The molecule has 0 aromatic heterocycles. The number of carbonyl (C=O) groups is 1. The Kier molecular flexibility index (Phi) is 5.79. The molecule has 0 bridgehead atoms. The molecule has 0 fully saturated rings. The quantitative estimate of drug-likeness (QED) is 0.833. The van der Waals surface area contributed by atoms with Crippen LogP contribution < -0.4 is 15.4 Å². The van der Waals surface area contributed by atoms with Crippen molar-refractivity contribution < 1.29 is 9.53 Å². The molecular formula is C18H17Cl2N3O2. The van der Waals surface area contributed by atoms with Gasteiger partial charge in [-0.25, -0.2) is 0 Å². The molecule has 130 valence electrons. The van der Waals surface area contributed by atoms with Crippen molar-refractivity contribution in [3.05, 3.63) is 58.1 Å². The van der Waals surface area contributed by atoms with Gasteiger partial charge in [0.1, 0.15) is 11.6 Å². The molecule has 2 aromatic rings. The smallest absolute Gasteiger partial charge is 0.262 e. The Labute approximate surface area is 156 Å². The van der Waals surface area contributed by atoms with Crippen LogP contribution in [0.3, 0.4) is 0 Å². The Morgan fingerprint density at radius 1 is 1.24 bits per heavy atom. The Morgan fingerprint density at radius 2 is 2.08 bits per heavy atom. The lowest BCUT2D eigenvalue weighted by Crippen LogP contribution is -2.31. The highest BCUT2D eigenvalue weighted by Crippen LogP contribution is 2.27. The Balaban J connectivity index is 1.66. The van der Waals surface area contributed by atoms with E-state index in [1.807, 2.05) is 24.3 Å². The van der Waals surface area contributed by atoms with Crippen LogP contribution in [0, 0.1) is 0 Å². The number of nitrogens with one attached hydrogen (secondary N) is 2. The van der Waals surface area contributed by atoms with Gasteiger partial charge in [0.2, 0.25) is 0 Å². The number of anilines is 1. The SMILES string of the molecule is O=C(COc1ccc(Cl)cc1Cl)Nc1ccccc1C1=NCCCN1. The number of nitrogens with zero attached hydrogens (tertiary/aromatic N) is 1. The number of hydrogen-bond acceptors (Lipinski definition) is 4. The summed E-state index contributed by atoms with van der Waals surface area (Å²) in [6.07, 6.45) is 1.01. The highest BCUT2D eigenvalue weighted by atomic mass is 35.5. The van der Waals surface area contributed by atoms with Crippen molar-refractivity contribution in [1.29, 1.82) is 0 Å². The Hall–Kier alpha value is -2.24. The molecule has 2 aromatic carbocycles. The van der Waals surface area contributed by atoms with Crippen LogP contribution in [0.2, 0.25) is 10.0 Å². The van der Waals surface area contributed by atoms with Crippen molar-refractivity contribution >= 4 is 40.6 Å². The summed E-state index contributed by atoms with van der Waals surface area (Å²) in [6.45, 7) is 1.50. The van der Waals surface area contributed by atoms with Crippen LogP contribution in [0.5, 0.6) is 5.75 Å². The van der Waals surface area contributed by atoms with Crippen LogP contribution in [-0.2, 0) is 4.79 Å². The van der Waals surface area contributed by atoms with E-state index in [-0.39, 0.29) is 12.5 Å². The lowest BCUT2D eigenvalue weighted by atomic mass is 10.1. The average molecular weight is 378 g/mol. The molecule has 0 saturated carbocycles. The van der Waals surface area contributed by atoms with Gasteiger partial charge in [-0.3, -0.25) is 9.79 Å². The summed E-state index contributed by atoms with van der Waals surface area (Å²) < 4.78 is 5.46. The minimum absolute atomic E-state index is 0.157. The fraction of sp³-hybridized carbons (Fsp3) is 0.222. The molecular weight excluding hydrogens is 361 g/mol. The van der Waals surface area contributed by atoms with E-state index in [0.717, 1.165) is 30.9 Å². The Morgan fingerprint density at radius 3 is 2.84 bits per heavy atom. The van der Waals surface area contributed by atoms with E-state index < -0.39 is 0 Å². The summed E-state index contributed by atoms with van der Waals surface area (Å²) in [5.41, 5.74) is 1.55. The predicted molar refractivity (Wildman–Crippen MR) is 101 cm³/mol. The lowest BCUT2D eigenvalue weighted by molar-refractivity contribution is -0.118. The van der Waals surface area contributed by atoms with E-state index in [2.05, 4.69) is 15.6 Å². The summed E-state index contributed by atoms with van der Waals surface area (Å²) in [5, 5.41) is 6.99. The van der Waals surface area contributed by atoms with Crippen molar-refractivity contribution in [2.75, 3.05) is 25.0 Å². The predicted octanol–water partition coefficient (Wildman–Crippen LogP) is 3.75. The van der Waals surface area contributed by atoms with Crippen LogP contribution in [0.4, 0.5) is 5.69 Å². The largest absolute Gasteiger partial charge is 0.482 e. The third kappa shape index (κ3) is 4.65. The number of ether oxygens (including phenoxy) is 1. The van der Waals surface area contributed by atoms with Gasteiger partial charge in [0.25, 0.3) is 5.91 Å². The van der Waals surface area contributed by atoms with E-state index in [0.29, 0.717) is 21.5 Å². The average Bonchev–Trinajstić information content (AvgIpc) is 2.62. The molecule has 1 aliphatic rings. The van der Waals surface area contributed by atoms with Crippen molar-refractivity contribution in [2.24, 2.45) is 4.99 Å². The number of aliphatic imine (C=N–C) groups is 1. The Bertz CT molecular complexity index is 809. The van der Waals surface area contributed by atoms with Gasteiger partial charge in [-0.1, -0.05) is 35.3 Å². The molecule has 3 rings (SSSR count). The molecule has 0 unspecified atom stereocenters. The summed E-state index contributed by atoms with van der Waals surface area (Å²) in [6, 6.07) is 12.4. The maximum atomic E-state index is 12.2. The first-order valence-corrected chi connectivity index (χ1v) is 8.64. The summed E-state index contributed by atoms with van der Waals surface area (Å²) in [7, 11) is 0. The third-order valence-corrected chi connectivity index (χ3v) is 4.14. The summed E-state index contributed by atoms with van der Waals surface area (Å²) in [4.78, 5) is 16.7. The maximum absolute atomic E-state index is 12.2. The van der Waals surface area contributed by atoms with Gasteiger partial charge in [0.05, 0.1) is 10.7 Å². The highest BCUT2D eigenvalue weighted by Gasteiger charge is 2.14. The van der Waals surface area contributed by atoms with Gasteiger partial charge in [0.15, 0.2) is 6.61 Å². The number of carbonyl (C=O) groups excluding carboxylic acids is 1. The summed E-state index contributed by atoms with van der Waals surface area (Å²) >= 11 is 11.9. The van der Waals surface area contributed by atoms with Gasteiger partial charge in [-0.2, -0.15) is 0 Å². The maximum Gasteiger partial charge on any atom is 0.262 e. The zero-order chi connectivity index (χ0) is 17.6. The number of rotatable bonds is 5. The van der Waals surface area contributed by atoms with E-state index in [4.69, 9.17) is 27.9 Å². The standard InChI is InChI=1S/C18H17Cl2N3O2/c19-12-6-7-16(14(20)10-12)25-11-17(24)23-15-5-2-1-4-13(15)18-21-8-3-9-22-18/h1-2,4-7,10H,3,8-9,11H2,(H,21,22)(H,23,24). The number of hydrogen-bond donors (Lipinski definition) is 2. The first-order valence-electron chi connectivity index (χ1n) is 7.89. The second kappa shape index (κ2) is 8.23. The minimum atomic E-state index is -0.283. The van der Waals surface area contributed by atoms with Crippen LogP contribution in [0.1, 0.15) is 12.0 Å². The van der Waals surface area contributed by atoms with Crippen molar-refractivity contribution in [3.63, 3.8) is 0 Å². The normalized spacial score (nSPS) is 13.6. The van der Waals surface area contributed by atoms with Gasteiger partial charge in [-0.15, -0.1) is 0 Å². The summed E-state index contributed by atoms with van der Waals surface area (Å²) in [5.74, 6) is 0.923. The molecule has 7 heteroatoms. The number of halogens is 2. The van der Waals surface area contributed by atoms with E-state index in [1.165, 1.54) is 0 Å². The van der Waals surface area contributed by atoms with Crippen molar-refractivity contribution in [1.82, 2.24) is 5.32 Å². The number of benzene rings is 2. The fourth-order valence-corrected chi connectivity index (χ4v) is 2.90. The number of amidine groups is 1. The monoisotopic (exact) mass is 377 g/mol. The molecule has 0 spiro atoms. The van der Waals surface area contributed by atoms with Crippen LogP contribution in [0.25, 0.3) is 0 Å². The molecule has 2 N–H and O–H groups in total. The molecule has 1 aliphatic heterocycles. The molecule has 0 aliphatic carbocycles. The third-order valence-electron chi connectivity index (χ3n) is 3.61. The van der Waals surface area contributed by atoms with Crippen LogP contribution in [0.15, 0.2) is 47.5 Å². The second-order valence-corrected chi connectivity index (χ2v) is 6.31. The number of amides is 1. The van der Waals surface area contributed by atoms with E-state index >= 15 is 0 Å². The highest BCUT2D eigenvalue weighted by molar-refractivity contribution is 6.35. The van der Waals surface area contributed by atoms with Crippen molar-refractivity contribution in [2.45, 2.75) is 6.42 Å². The van der Waals surface area contributed by atoms with E-state index in [9.17, 15) is 4.79 Å². The first kappa shape index (κ1) is 17.6.